The average molecular weight is 486 g/mol. The standard InChI is InChI=1S/C18H22N2O.C10H9N.2CH2O/c1-3-15(13-14-9-5-4-6-10-14)20-18(21)16-11-7-8-12-17(16)19-2;1-8-4-2-5-9-6-3-7-11-10(8)9;2*1-2/h4-12,15,19H,3,13H2,1-2H3,(H,20,21);2-7H,1H3;2*1H2. The zero-order valence-electron chi connectivity index (χ0n) is 21.2. The summed E-state index contributed by atoms with van der Waals surface area (Å²) in [6.07, 6.45) is 3.59. The van der Waals surface area contributed by atoms with Crippen LogP contribution in [0.5, 0.6) is 0 Å². The number of anilines is 1. The highest BCUT2D eigenvalue weighted by Gasteiger charge is 2.15. The van der Waals surface area contributed by atoms with E-state index >= 15 is 0 Å². The number of benzene rings is 3. The normalized spacial score (nSPS) is 10.2. The number of nitrogens with one attached hydrogen (secondary N) is 2. The van der Waals surface area contributed by atoms with Gasteiger partial charge in [-0.15, -0.1) is 0 Å². The first-order valence-electron chi connectivity index (χ1n) is 11.6. The fraction of sp³-hybridized carbons (Fsp3) is 0.200. The van der Waals surface area contributed by atoms with Gasteiger partial charge in [0.15, 0.2) is 0 Å². The molecule has 0 aliphatic heterocycles. The number of amides is 1. The van der Waals surface area contributed by atoms with Crippen molar-refractivity contribution < 1.29 is 14.4 Å². The second kappa shape index (κ2) is 17.2. The summed E-state index contributed by atoms with van der Waals surface area (Å²) >= 11 is 0. The first kappa shape index (κ1) is 29.7. The summed E-state index contributed by atoms with van der Waals surface area (Å²) in [7, 11) is 1.83. The third-order valence-corrected chi connectivity index (χ3v) is 5.43. The third kappa shape index (κ3) is 9.14. The molecule has 2 N–H and O–H groups in total. The molecule has 6 heteroatoms. The van der Waals surface area contributed by atoms with E-state index in [0.717, 1.165) is 24.0 Å². The van der Waals surface area contributed by atoms with E-state index in [9.17, 15) is 4.79 Å². The van der Waals surface area contributed by atoms with Crippen molar-refractivity contribution in [3.8, 4) is 0 Å². The Morgan fingerprint density at radius 1 is 0.861 bits per heavy atom. The van der Waals surface area contributed by atoms with Gasteiger partial charge >= 0.3 is 0 Å². The van der Waals surface area contributed by atoms with Crippen LogP contribution in [0.25, 0.3) is 10.9 Å². The topological polar surface area (TPSA) is 88.2 Å². The van der Waals surface area contributed by atoms with Crippen LogP contribution in [0.15, 0.2) is 91.1 Å². The van der Waals surface area contributed by atoms with Gasteiger partial charge in [-0.1, -0.05) is 73.7 Å². The van der Waals surface area contributed by atoms with Gasteiger partial charge in [-0.3, -0.25) is 9.78 Å². The number of aryl methyl sites for hydroxylation is 1. The Morgan fingerprint density at radius 3 is 2.14 bits per heavy atom. The molecule has 36 heavy (non-hydrogen) atoms. The quantitative estimate of drug-likeness (QED) is 0.368. The van der Waals surface area contributed by atoms with E-state index in [2.05, 4.69) is 65.9 Å². The Morgan fingerprint density at radius 2 is 1.50 bits per heavy atom. The van der Waals surface area contributed by atoms with Crippen LogP contribution in [-0.2, 0) is 16.0 Å². The molecule has 188 valence electrons. The molecule has 0 fully saturated rings. The molecule has 0 aliphatic rings. The fourth-order valence-corrected chi connectivity index (χ4v) is 3.62. The van der Waals surface area contributed by atoms with Crippen LogP contribution in [-0.4, -0.2) is 37.6 Å². The van der Waals surface area contributed by atoms with Crippen LogP contribution in [0, 0.1) is 6.92 Å². The fourth-order valence-electron chi connectivity index (χ4n) is 3.62. The van der Waals surface area contributed by atoms with E-state index in [-0.39, 0.29) is 11.9 Å². The number of fused-ring (bicyclic) bond motifs is 1. The molecule has 0 aliphatic carbocycles. The summed E-state index contributed by atoms with van der Waals surface area (Å²) in [4.78, 5) is 32.7. The molecule has 0 saturated heterocycles. The van der Waals surface area contributed by atoms with E-state index in [1.165, 1.54) is 16.5 Å². The van der Waals surface area contributed by atoms with Crippen LogP contribution < -0.4 is 10.6 Å². The largest absolute Gasteiger partial charge is 0.387 e. The molecule has 1 heterocycles. The summed E-state index contributed by atoms with van der Waals surface area (Å²) in [6.45, 7) is 8.17. The Balaban J connectivity index is 0.000000361. The maximum atomic E-state index is 12.4. The Bertz CT molecular complexity index is 1170. The van der Waals surface area contributed by atoms with Crippen molar-refractivity contribution in [2.45, 2.75) is 32.7 Å². The van der Waals surface area contributed by atoms with Crippen molar-refractivity contribution in [3.63, 3.8) is 0 Å². The molecular formula is C30H35N3O3. The smallest absolute Gasteiger partial charge is 0.253 e. The molecule has 0 radical (unpaired) electrons. The molecule has 4 aromatic rings. The van der Waals surface area contributed by atoms with E-state index in [0.29, 0.717) is 5.56 Å². The molecule has 4 rings (SSSR count). The molecule has 0 saturated carbocycles. The maximum absolute atomic E-state index is 12.4. The zero-order valence-corrected chi connectivity index (χ0v) is 21.2. The minimum atomic E-state index is -0.0252. The van der Waals surface area contributed by atoms with Gasteiger partial charge in [0, 0.05) is 30.4 Å². The number of hydrogen-bond donors (Lipinski definition) is 2. The summed E-state index contributed by atoms with van der Waals surface area (Å²) in [5.41, 5.74) is 5.13. The van der Waals surface area contributed by atoms with Gasteiger partial charge in [-0.05, 0) is 49.1 Å². The van der Waals surface area contributed by atoms with Crippen molar-refractivity contribution in [3.05, 3.63) is 108 Å². The van der Waals surface area contributed by atoms with Crippen molar-refractivity contribution in [2.24, 2.45) is 0 Å². The first-order valence-corrected chi connectivity index (χ1v) is 11.6. The molecule has 6 nitrogen and oxygen atoms in total. The van der Waals surface area contributed by atoms with E-state index in [1.54, 1.807) is 0 Å². The van der Waals surface area contributed by atoms with Gasteiger partial charge in [-0.25, -0.2) is 0 Å². The van der Waals surface area contributed by atoms with Crippen molar-refractivity contribution in [2.75, 3.05) is 12.4 Å². The number of rotatable bonds is 6. The van der Waals surface area contributed by atoms with E-state index < -0.39 is 0 Å². The number of nitrogens with zero attached hydrogens (tertiary/aromatic N) is 1. The summed E-state index contributed by atoms with van der Waals surface area (Å²) in [5, 5.41) is 7.40. The first-order chi connectivity index (χ1) is 17.6. The van der Waals surface area contributed by atoms with Crippen LogP contribution >= 0.6 is 0 Å². The minimum absolute atomic E-state index is 0.0252. The number of para-hydroxylation sites is 2. The predicted molar refractivity (Wildman–Crippen MR) is 148 cm³/mol. The van der Waals surface area contributed by atoms with Crippen LogP contribution in [0.3, 0.4) is 0 Å². The molecule has 1 atom stereocenters. The highest BCUT2D eigenvalue weighted by atomic mass is 16.1. The van der Waals surface area contributed by atoms with Gasteiger partial charge in [-0.2, -0.15) is 0 Å². The summed E-state index contributed by atoms with van der Waals surface area (Å²) in [5.74, 6) is -0.0252. The lowest BCUT2D eigenvalue weighted by atomic mass is 10.0. The molecule has 1 aromatic heterocycles. The zero-order chi connectivity index (χ0) is 26.8. The minimum Gasteiger partial charge on any atom is -0.387 e. The number of hydrogen-bond acceptors (Lipinski definition) is 5. The highest BCUT2D eigenvalue weighted by molar-refractivity contribution is 5.99. The number of aromatic nitrogens is 1. The van der Waals surface area contributed by atoms with Gasteiger partial charge in [0.2, 0.25) is 0 Å². The number of pyridine rings is 1. The van der Waals surface area contributed by atoms with Crippen LogP contribution in [0.2, 0.25) is 0 Å². The Labute approximate surface area is 213 Å². The lowest BCUT2D eigenvalue weighted by molar-refractivity contribution is -0.0987. The van der Waals surface area contributed by atoms with E-state index in [1.807, 2.05) is 75.4 Å². The molecule has 0 spiro atoms. The Hall–Kier alpha value is -4.32. The predicted octanol–water partition coefficient (Wildman–Crippen LogP) is 5.65. The van der Waals surface area contributed by atoms with Crippen molar-refractivity contribution >= 4 is 36.1 Å². The molecule has 1 unspecified atom stereocenters. The maximum Gasteiger partial charge on any atom is 0.253 e. The molecule has 3 aromatic carbocycles. The Kier molecular flexibility index (Phi) is 14.2. The van der Waals surface area contributed by atoms with Gasteiger partial charge < -0.3 is 20.2 Å². The monoisotopic (exact) mass is 485 g/mol. The highest BCUT2D eigenvalue weighted by Crippen LogP contribution is 2.15. The average Bonchev–Trinajstić information content (AvgIpc) is 2.96. The SMILES string of the molecule is C=O.C=O.CCC(Cc1ccccc1)NC(=O)c1ccccc1NC.Cc1cccc2cccnc12. The summed E-state index contributed by atoms with van der Waals surface area (Å²) in [6, 6.07) is 28.2. The molecule has 0 bridgehead atoms. The summed E-state index contributed by atoms with van der Waals surface area (Å²) < 4.78 is 0. The van der Waals surface area contributed by atoms with Crippen LogP contribution in [0.4, 0.5) is 5.69 Å². The van der Waals surface area contributed by atoms with Crippen molar-refractivity contribution in [1.29, 1.82) is 0 Å². The molecular weight excluding hydrogens is 450 g/mol. The van der Waals surface area contributed by atoms with Gasteiger partial charge in [0.1, 0.15) is 13.6 Å². The second-order valence-corrected chi connectivity index (χ2v) is 7.71. The number of carbonyl (C=O) groups excluding carboxylic acids is 3. The second-order valence-electron chi connectivity index (χ2n) is 7.71. The number of carbonyl (C=O) groups is 3. The van der Waals surface area contributed by atoms with Crippen LogP contribution in [0.1, 0.15) is 34.8 Å². The third-order valence-electron chi connectivity index (χ3n) is 5.43. The van der Waals surface area contributed by atoms with E-state index in [4.69, 9.17) is 9.59 Å². The lowest BCUT2D eigenvalue weighted by Crippen LogP contribution is -2.36. The van der Waals surface area contributed by atoms with Gasteiger partial charge in [0.05, 0.1) is 11.1 Å². The van der Waals surface area contributed by atoms with Crippen molar-refractivity contribution in [1.82, 2.24) is 10.3 Å². The lowest BCUT2D eigenvalue weighted by Gasteiger charge is -2.18. The molecule has 1 amide bonds. The van der Waals surface area contributed by atoms with Gasteiger partial charge in [0.25, 0.3) is 5.91 Å².